The fourth-order valence-electron chi connectivity index (χ4n) is 6.60. The average Bonchev–Trinajstić information content (AvgIpc) is 3.54. The molecule has 184 valence electrons. The molecule has 0 radical (unpaired) electrons. The number of hydrogen-bond donors (Lipinski definition) is 1. The van der Waals surface area contributed by atoms with Crippen LogP contribution in [0, 0.1) is 0 Å². The topological polar surface area (TPSA) is 25.2 Å². The molecule has 0 aliphatic heterocycles. The molecule has 1 aromatic heterocycles. The monoisotopic (exact) mass is 499 g/mol. The molecule has 0 saturated carbocycles. The summed E-state index contributed by atoms with van der Waals surface area (Å²) in [5, 5.41) is 6.09. The Balaban J connectivity index is 1.43. The lowest BCUT2D eigenvalue weighted by atomic mass is 9.67. The van der Waals surface area contributed by atoms with Crippen molar-refractivity contribution in [2.24, 2.45) is 0 Å². The van der Waals surface area contributed by atoms with Crippen molar-refractivity contribution in [3.05, 3.63) is 168 Å². The Kier molecular flexibility index (Phi) is 4.77. The maximum Gasteiger partial charge on any atom is 0.158 e. The second kappa shape index (κ2) is 8.47. The van der Waals surface area contributed by atoms with Crippen LogP contribution in [0.4, 0.5) is 11.4 Å². The third kappa shape index (κ3) is 3.09. The Labute approximate surface area is 227 Å². The van der Waals surface area contributed by atoms with E-state index in [2.05, 4.69) is 139 Å². The molecule has 0 amide bonds. The Morgan fingerprint density at radius 2 is 1.05 bits per heavy atom. The lowest BCUT2D eigenvalue weighted by Gasteiger charge is -2.35. The maximum atomic E-state index is 6.40. The minimum absolute atomic E-state index is 0.472. The van der Waals surface area contributed by atoms with Gasteiger partial charge in [-0.15, -0.1) is 0 Å². The first-order valence-corrected chi connectivity index (χ1v) is 13.4. The number of nitrogens with one attached hydrogen (secondary N) is 1. The summed E-state index contributed by atoms with van der Waals surface area (Å²) in [5.74, 6) is 0. The van der Waals surface area contributed by atoms with Crippen molar-refractivity contribution < 1.29 is 4.42 Å². The molecule has 8 rings (SSSR count). The van der Waals surface area contributed by atoms with E-state index in [4.69, 9.17) is 4.42 Å². The molecular weight excluding hydrogens is 474 g/mol. The van der Waals surface area contributed by atoms with Crippen molar-refractivity contribution in [1.82, 2.24) is 0 Å². The molecule has 1 aliphatic carbocycles. The standard InChI is InChI=1S/C37H25NO/c1-3-13-25(14-4-1)37(26-15-5-2-6-16-26)31-21-9-7-17-27(31)29-19-11-22-32(35(29)37)38-33-23-12-20-30-28-18-8-10-24-34(28)39-36(30)33/h1-24,38H. The van der Waals surface area contributed by atoms with E-state index in [-0.39, 0.29) is 0 Å². The number of rotatable bonds is 4. The fourth-order valence-corrected chi connectivity index (χ4v) is 6.60. The SMILES string of the molecule is c1ccc(C2(c3ccccc3)c3ccccc3-c3cccc(Nc4cccc5c4oc4ccccc45)c32)cc1. The number of benzene rings is 6. The van der Waals surface area contributed by atoms with Crippen molar-refractivity contribution in [1.29, 1.82) is 0 Å². The van der Waals surface area contributed by atoms with Gasteiger partial charge in [0.2, 0.25) is 0 Å². The molecule has 0 saturated heterocycles. The second-order valence-electron chi connectivity index (χ2n) is 10.2. The van der Waals surface area contributed by atoms with Gasteiger partial charge >= 0.3 is 0 Å². The highest BCUT2D eigenvalue weighted by molar-refractivity contribution is 6.09. The van der Waals surface area contributed by atoms with Crippen molar-refractivity contribution in [2.75, 3.05) is 5.32 Å². The van der Waals surface area contributed by atoms with Crippen LogP contribution in [0.2, 0.25) is 0 Å². The van der Waals surface area contributed by atoms with Gasteiger partial charge in [-0.3, -0.25) is 0 Å². The fraction of sp³-hybridized carbons (Fsp3) is 0.0270. The smallest absolute Gasteiger partial charge is 0.158 e. The van der Waals surface area contributed by atoms with Crippen LogP contribution in [0.15, 0.2) is 150 Å². The van der Waals surface area contributed by atoms with Gasteiger partial charge in [-0.2, -0.15) is 0 Å². The molecule has 7 aromatic rings. The number of hydrogen-bond acceptors (Lipinski definition) is 2. The number of furan rings is 1. The van der Waals surface area contributed by atoms with E-state index in [9.17, 15) is 0 Å². The summed E-state index contributed by atoms with van der Waals surface area (Å²) >= 11 is 0. The average molecular weight is 500 g/mol. The van der Waals surface area contributed by atoms with E-state index < -0.39 is 5.41 Å². The zero-order valence-electron chi connectivity index (χ0n) is 21.3. The van der Waals surface area contributed by atoms with Gasteiger partial charge in [0.1, 0.15) is 5.58 Å². The zero-order valence-corrected chi connectivity index (χ0v) is 21.3. The molecule has 0 fully saturated rings. The third-order valence-corrected chi connectivity index (χ3v) is 8.15. The van der Waals surface area contributed by atoms with Gasteiger partial charge in [0.25, 0.3) is 0 Å². The highest BCUT2D eigenvalue weighted by Crippen LogP contribution is 2.58. The summed E-state index contributed by atoms with van der Waals surface area (Å²) in [7, 11) is 0. The van der Waals surface area contributed by atoms with Crippen LogP contribution >= 0.6 is 0 Å². The third-order valence-electron chi connectivity index (χ3n) is 8.15. The molecule has 1 N–H and O–H groups in total. The Morgan fingerprint density at radius 1 is 0.462 bits per heavy atom. The zero-order chi connectivity index (χ0) is 25.8. The highest BCUT2D eigenvalue weighted by atomic mass is 16.3. The summed E-state index contributed by atoms with van der Waals surface area (Å²) in [6.07, 6.45) is 0. The van der Waals surface area contributed by atoms with E-state index in [1.165, 1.54) is 33.4 Å². The van der Waals surface area contributed by atoms with Gasteiger partial charge in [0.05, 0.1) is 11.1 Å². The molecule has 2 nitrogen and oxygen atoms in total. The van der Waals surface area contributed by atoms with Gasteiger partial charge in [0.15, 0.2) is 5.58 Å². The maximum absolute atomic E-state index is 6.40. The predicted octanol–water partition coefficient (Wildman–Crippen LogP) is 9.69. The van der Waals surface area contributed by atoms with Crippen molar-refractivity contribution >= 4 is 33.3 Å². The van der Waals surface area contributed by atoms with Crippen molar-refractivity contribution in [3.63, 3.8) is 0 Å². The van der Waals surface area contributed by atoms with Crippen LogP contribution in [0.25, 0.3) is 33.1 Å². The highest BCUT2D eigenvalue weighted by Gasteiger charge is 2.47. The minimum atomic E-state index is -0.472. The van der Waals surface area contributed by atoms with Crippen LogP contribution < -0.4 is 5.32 Å². The molecule has 0 unspecified atom stereocenters. The quantitative estimate of drug-likeness (QED) is 0.261. The van der Waals surface area contributed by atoms with Gasteiger partial charge in [-0.1, -0.05) is 127 Å². The number of para-hydroxylation sites is 2. The summed E-state index contributed by atoms with van der Waals surface area (Å²) < 4.78 is 6.40. The molecule has 1 heterocycles. The van der Waals surface area contributed by atoms with Crippen LogP contribution in [0.3, 0.4) is 0 Å². The van der Waals surface area contributed by atoms with E-state index in [1.54, 1.807) is 0 Å². The first kappa shape index (κ1) is 22.0. The van der Waals surface area contributed by atoms with Crippen molar-refractivity contribution in [3.8, 4) is 11.1 Å². The molecule has 6 aromatic carbocycles. The Bertz CT molecular complexity index is 1950. The van der Waals surface area contributed by atoms with Crippen LogP contribution in [0.1, 0.15) is 22.3 Å². The summed E-state index contributed by atoms with van der Waals surface area (Å²) in [5.41, 5.74) is 10.9. The minimum Gasteiger partial charge on any atom is -0.454 e. The van der Waals surface area contributed by atoms with Gasteiger partial charge in [0, 0.05) is 22.0 Å². The lowest BCUT2D eigenvalue weighted by Crippen LogP contribution is -2.29. The van der Waals surface area contributed by atoms with E-state index >= 15 is 0 Å². The Hall–Kier alpha value is -5.08. The van der Waals surface area contributed by atoms with E-state index in [0.29, 0.717) is 0 Å². The van der Waals surface area contributed by atoms with Crippen LogP contribution in [-0.2, 0) is 5.41 Å². The summed E-state index contributed by atoms with van der Waals surface area (Å²) in [4.78, 5) is 0. The number of anilines is 2. The summed E-state index contributed by atoms with van der Waals surface area (Å²) in [6.45, 7) is 0. The Morgan fingerprint density at radius 3 is 1.85 bits per heavy atom. The largest absolute Gasteiger partial charge is 0.454 e. The van der Waals surface area contributed by atoms with Crippen molar-refractivity contribution in [2.45, 2.75) is 5.41 Å². The predicted molar refractivity (Wildman–Crippen MR) is 161 cm³/mol. The lowest BCUT2D eigenvalue weighted by molar-refractivity contribution is 0.670. The normalized spacial score (nSPS) is 13.3. The molecule has 39 heavy (non-hydrogen) atoms. The second-order valence-corrected chi connectivity index (χ2v) is 10.2. The van der Waals surface area contributed by atoms with E-state index in [1.807, 2.05) is 12.1 Å². The molecule has 0 atom stereocenters. The molecular formula is C37H25NO. The molecule has 2 heteroatoms. The summed E-state index contributed by atoms with van der Waals surface area (Å²) in [6, 6.07) is 51.9. The number of fused-ring (bicyclic) bond motifs is 6. The first-order valence-electron chi connectivity index (χ1n) is 13.4. The van der Waals surface area contributed by atoms with Gasteiger partial charge in [-0.25, -0.2) is 0 Å². The van der Waals surface area contributed by atoms with Gasteiger partial charge < -0.3 is 9.73 Å². The van der Waals surface area contributed by atoms with Crippen LogP contribution in [-0.4, -0.2) is 0 Å². The molecule has 0 spiro atoms. The molecule has 1 aliphatic rings. The molecule has 0 bridgehead atoms. The van der Waals surface area contributed by atoms with E-state index in [0.717, 1.165) is 33.3 Å². The van der Waals surface area contributed by atoms with Gasteiger partial charge in [-0.05, 0) is 46.0 Å². The van der Waals surface area contributed by atoms with Crippen LogP contribution in [0.5, 0.6) is 0 Å². The first-order chi connectivity index (χ1) is 19.4.